The smallest absolute Gasteiger partial charge is 0.222 e. The number of carbonyl (C=O) groups excluding carboxylic acids is 1. The number of nitrogens with zero attached hydrogens (tertiary/aromatic N) is 4. The molecule has 0 atom stereocenters. The van der Waals surface area contributed by atoms with Gasteiger partial charge in [0, 0.05) is 39.6 Å². The van der Waals surface area contributed by atoms with Gasteiger partial charge in [0.2, 0.25) is 5.91 Å². The van der Waals surface area contributed by atoms with Crippen LogP contribution >= 0.6 is 0 Å². The minimum Gasteiger partial charge on any atom is -0.357 e. The fourth-order valence-corrected chi connectivity index (χ4v) is 3.70. The zero-order valence-corrected chi connectivity index (χ0v) is 18.2. The number of aliphatic imine (C=N–C) groups is 1. The number of H-pyrrole nitrogens is 1. The number of hydrogen-bond donors (Lipinski definition) is 2. The van der Waals surface area contributed by atoms with Gasteiger partial charge in [0.1, 0.15) is 5.82 Å². The number of rotatable bonds is 8. The highest BCUT2D eigenvalue weighted by atomic mass is 16.2. The molecule has 0 bridgehead atoms. The lowest BCUT2D eigenvalue weighted by atomic mass is 10.2. The van der Waals surface area contributed by atoms with Crippen molar-refractivity contribution in [1.29, 1.82) is 0 Å². The molecule has 7 nitrogen and oxygen atoms in total. The maximum atomic E-state index is 12.1. The van der Waals surface area contributed by atoms with Crippen LogP contribution in [-0.2, 0) is 11.3 Å². The molecule has 3 rings (SSSR count). The number of hydrogen-bond acceptors (Lipinski definition) is 3. The fourth-order valence-electron chi connectivity index (χ4n) is 3.70. The second-order valence-electron chi connectivity index (χ2n) is 7.75. The Morgan fingerprint density at radius 1 is 1.27 bits per heavy atom. The minimum atomic E-state index is 0.299. The Labute approximate surface area is 179 Å². The Morgan fingerprint density at radius 3 is 2.90 bits per heavy atom. The van der Waals surface area contributed by atoms with E-state index in [0.29, 0.717) is 25.4 Å². The van der Waals surface area contributed by atoms with E-state index >= 15 is 0 Å². The van der Waals surface area contributed by atoms with E-state index in [-0.39, 0.29) is 0 Å². The summed E-state index contributed by atoms with van der Waals surface area (Å²) in [4.78, 5) is 28.9. The Balaban J connectivity index is 1.53. The van der Waals surface area contributed by atoms with Crippen LogP contribution in [0.4, 0.5) is 0 Å². The molecule has 0 saturated carbocycles. The number of carbonyl (C=O) groups is 1. The molecule has 1 amide bonds. The lowest BCUT2D eigenvalue weighted by Gasteiger charge is -2.22. The van der Waals surface area contributed by atoms with Gasteiger partial charge in [-0.1, -0.05) is 36.8 Å². The van der Waals surface area contributed by atoms with Crippen molar-refractivity contribution in [2.24, 2.45) is 4.99 Å². The van der Waals surface area contributed by atoms with Gasteiger partial charge in [-0.25, -0.2) is 4.98 Å². The molecule has 1 aliphatic heterocycles. The van der Waals surface area contributed by atoms with Gasteiger partial charge in [0.25, 0.3) is 0 Å². The number of imidazole rings is 1. The summed E-state index contributed by atoms with van der Waals surface area (Å²) in [7, 11) is 2.02. The van der Waals surface area contributed by atoms with Crippen molar-refractivity contribution in [3.8, 4) is 11.3 Å². The Hall–Kier alpha value is -2.83. The normalized spacial score (nSPS) is 15.2. The Bertz CT molecular complexity index is 816. The molecule has 1 aromatic carbocycles. The average molecular weight is 411 g/mol. The van der Waals surface area contributed by atoms with Crippen molar-refractivity contribution in [2.75, 3.05) is 33.2 Å². The van der Waals surface area contributed by atoms with Crippen LogP contribution in [0.15, 0.2) is 41.5 Å². The highest BCUT2D eigenvalue weighted by Crippen LogP contribution is 2.16. The van der Waals surface area contributed by atoms with Gasteiger partial charge >= 0.3 is 0 Å². The summed E-state index contributed by atoms with van der Waals surface area (Å²) >= 11 is 0. The van der Waals surface area contributed by atoms with Gasteiger partial charge in [-0.3, -0.25) is 9.79 Å². The van der Waals surface area contributed by atoms with E-state index in [2.05, 4.69) is 39.2 Å². The molecular formula is C23H34N6O. The van der Waals surface area contributed by atoms with Gasteiger partial charge < -0.3 is 20.1 Å². The van der Waals surface area contributed by atoms with Gasteiger partial charge in [-0.15, -0.1) is 0 Å². The summed E-state index contributed by atoms with van der Waals surface area (Å²) in [6.45, 7) is 5.91. The molecule has 0 spiro atoms. The van der Waals surface area contributed by atoms with Crippen LogP contribution in [0.3, 0.4) is 0 Å². The molecule has 2 N–H and O–H groups in total. The summed E-state index contributed by atoms with van der Waals surface area (Å²) in [5.41, 5.74) is 2.14. The monoisotopic (exact) mass is 410 g/mol. The molecule has 1 fully saturated rings. The van der Waals surface area contributed by atoms with Crippen LogP contribution < -0.4 is 5.32 Å². The van der Waals surface area contributed by atoms with Crippen LogP contribution in [0.2, 0.25) is 0 Å². The van der Waals surface area contributed by atoms with Gasteiger partial charge in [0.05, 0.1) is 18.4 Å². The first kappa shape index (κ1) is 21.9. The topological polar surface area (TPSA) is 76.6 Å². The van der Waals surface area contributed by atoms with Gasteiger partial charge in [-0.05, 0) is 31.7 Å². The second kappa shape index (κ2) is 11.4. The van der Waals surface area contributed by atoms with Crippen molar-refractivity contribution in [3.05, 3.63) is 42.4 Å². The molecule has 2 aromatic rings. The van der Waals surface area contributed by atoms with Crippen molar-refractivity contribution in [1.82, 2.24) is 25.1 Å². The quantitative estimate of drug-likeness (QED) is 0.398. The number of aromatic nitrogens is 2. The highest BCUT2D eigenvalue weighted by molar-refractivity contribution is 5.79. The van der Waals surface area contributed by atoms with E-state index in [9.17, 15) is 4.79 Å². The third-order valence-electron chi connectivity index (χ3n) is 5.32. The third kappa shape index (κ3) is 6.34. The van der Waals surface area contributed by atoms with Crippen LogP contribution in [-0.4, -0.2) is 64.9 Å². The van der Waals surface area contributed by atoms with Crippen LogP contribution in [0.25, 0.3) is 11.3 Å². The SMILES string of the molecule is CCNC(=NCCCN1CCCCCC1=O)N(C)Cc1ncc(-c2ccccc2)[nH]1. The van der Waals surface area contributed by atoms with E-state index in [1.165, 1.54) is 0 Å². The summed E-state index contributed by atoms with van der Waals surface area (Å²) in [6.07, 6.45) is 6.77. The van der Waals surface area contributed by atoms with Crippen molar-refractivity contribution < 1.29 is 4.79 Å². The first-order valence-electron chi connectivity index (χ1n) is 11.0. The molecule has 162 valence electrons. The van der Waals surface area contributed by atoms with E-state index in [0.717, 1.165) is 68.4 Å². The lowest BCUT2D eigenvalue weighted by Crippen LogP contribution is -2.39. The average Bonchev–Trinajstić information content (AvgIpc) is 3.13. The van der Waals surface area contributed by atoms with E-state index in [1.54, 1.807) is 0 Å². The first-order chi connectivity index (χ1) is 14.7. The number of guanidine groups is 1. The van der Waals surface area contributed by atoms with Crippen LogP contribution in [0, 0.1) is 0 Å². The van der Waals surface area contributed by atoms with Crippen molar-refractivity contribution in [3.63, 3.8) is 0 Å². The number of amides is 1. The zero-order valence-electron chi connectivity index (χ0n) is 18.2. The van der Waals surface area contributed by atoms with Crippen molar-refractivity contribution >= 4 is 11.9 Å². The number of nitrogens with one attached hydrogen (secondary N) is 2. The Kier molecular flexibility index (Phi) is 8.30. The molecule has 2 heterocycles. The molecule has 0 unspecified atom stereocenters. The second-order valence-corrected chi connectivity index (χ2v) is 7.75. The van der Waals surface area contributed by atoms with Gasteiger partial charge in [0.15, 0.2) is 5.96 Å². The van der Waals surface area contributed by atoms with Gasteiger partial charge in [-0.2, -0.15) is 0 Å². The molecule has 0 radical (unpaired) electrons. The largest absolute Gasteiger partial charge is 0.357 e. The fraction of sp³-hybridized carbons (Fsp3) is 0.522. The van der Waals surface area contributed by atoms with Crippen LogP contribution in [0.5, 0.6) is 0 Å². The number of benzene rings is 1. The standard InChI is InChI=1S/C23H34N6O/c1-3-24-23(25-14-10-16-29-15-9-5-8-13-22(29)30)28(2)18-21-26-17-20(27-21)19-11-6-4-7-12-19/h4,6-7,11-12,17H,3,5,8-10,13-16,18H2,1-2H3,(H,24,25)(H,26,27). The predicted octanol–water partition coefficient (Wildman–Crippen LogP) is 3.27. The first-order valence-corrected chi connectivity index (χ1v) is 11.0. The highest BCUT2D eigenvalue weighted by Gasteiger charge is 2.16. The Morgan fingerprint density at radius 2 is 2.10 bits per heavy atom. The lowest BCUT2D eigenvalue weighted by molar-refractivity contribution is -0.130. The number of likely N-dealkylation sites (tertiary alicyclic amines) is 1. The molecule has 1 saturated heterocycles. The van der Waals surface area contributed by atoms with E-state index in [4.69, 9.17) is 4.99 Å². The van der Waals surface area contributed by atoms with E-state index < -0.39 is 0 Å². The predicted molar refractivity (Wildman–Crippen MR) is 121 cm³/mol. The molecule has 1 aliphatic rings. The maximum absolute atomic E-state index is 12.1. The third-order valence-corrected chi connectivity index (χ3v) is 5.32. The molecule has 30 heavy (non-hydrogen) atoms. The molecule has 7 heteroatoms. The summed E-state index contributed by atoms with van der Waals surface area (Å²) in [6, 6.07) is 10.2. The molecular weight excluding hydrogens is 376 g/mol. The van der Waals surface area contributed by atoms with E-state index in [1.807, 2.05) is 36.3 Å². The summed E-state index contributed by atoms with van der Waals surface area (Å²) in [5.74, 6) is 2.06. The summed E-state index contributed by atoms with van der Waals surface area (Å²) in [5, 5.41) is 3.35. The number of aromatic amines is 1. The summed E-state index contributed by atoms with van der Waals surface area (Å²) < 4.78 is 0. The molecule has 0 aliphatic carbocycles. The van der Waals surface area contributed by atoms with Crippen molar-refractivity contribution in [2.45, 2.75) is 45.6 Å². The maximum Gasteiger partial charge on any atom is 0.222 e. The van der Waals surface area contributed by atoms with Crippen LogP contribution in [0.1, 0.15) is 44.9 Å². The minimum absolute atomic E-state index is 0.299. The molecule has 1 aromatic heterocycles. The zero-order chi connectivity index (χ0) is 21.2.